The third-order valence-electron chi connectivity index (χ3n) is 2.66. The van der Waals surface area contributed by atoms with Crippen molar-refractivity contribution in [3.05, 3.63) is 34.1 Å². The topological polar surface area (TPSA) is 41.6 Å². The van der Waals surface area contributed by atoms with E-state index in [1.165, 1.54) is 12.1 Å². The minimum absolute atomic E-state index is 0.0825. The molecule has 0 bridgehead atoms. The van der Waals surface area contributed by atoms with Crippen LogP contribution in [0.1, 0.15) is 5.56 Å². The second kappa shape index (κ2) is 6.15. The smallest absolute Gasteiger partial charge is 0.410 e. The third-order valence-corrected chi connectivity index (χ3v) is 3.12. The van der Waals surface area contributed by atoms with E-state index in [-0.39, 0.29) is 18.5 Å². The summed E-state index contributed by atoms with van der Waals surface area (Å²) in [5, 5.41) is 3.15. The summed E-state index contributed by atoms with van der Waals surface area (Å²) in [6.07, 6.45) is -0.350. The molecule has 4 nitrogen and oxygen atoms in total. The summed E-state index contributed by atoms with van der Waals surface area (Å²) in [5.41, 5.74) is 0.630. The van der Waals surface area contributed by atoms with Crippen molar-refractivity contribution in [2.45, 2.75) is 6.61 Å². The fourth-order valence-corrected chi connectivity index (χ4v) is 2.29. The van der Waals surface area contributed by atoms with Crippen LogP contribution in [0, 0.1) is 5.82 Å². The molecule has 0 saturated carbocycles. The Morgan fingerprint density at radius 1 is 1.39 bits per heavy atom. The first-order chi connectivity index (χ1) is 8.65. The van der Waals surface area contributed by atoms with Gasteiger partial charge in [0, 0.05) is 30.7 Å². The van der Waals surface area contributed by atoms with Gasteiger partial charge in [0.1, 0.15) is 12.4 Å². The highest BCUT2D eigenvalue weighted by Gasteiger charge is 2.17. The van der Waals surface area contributed by atoms with Gasteiger partial charge in [-0.3, -0.25) is 0 Å². The van der Waals surface area contributed by atoms with Gasteiger partial charge in [-0.1, -0.05) is 15.9 Å². The van der Waals surface area contributed by atoms with Crippen LogP contribution < -0.4 is 5.32 Å². The van der Waals surface area contributed by atoms with Crippen LogP contribution in [0.5, 0.6) is 0 Å². The number of hydrogen-bond donors (Lipinski definition) is 1. The highest BCUT2D eigenvalue weighted by Crippen LogP contribution is 2.15. The number of carbonyl (C=O) groups is 1. The van der Waals surface area contributed by atoms with E-state index in [1.807, 2.05) is 0 Å². The number of amides is 1. The van der Waals surface area contributed by atoms with Crippen molar-refractivity contribution in [1.82, 2.24) is 10.2 Å². The molecular formula is C12H14BrFN2O2. The molecule has 1 aromatic carbocycles. The van der Waals surface area contributed by atoms with Crippen molar-refractivity contribution in [2.75, 3.05) is 26.2 Å². The number of halogens is 2. The van der Waals surface area contributed by atoms with Gasteiger partial charge in [-0.05, 0) is 23.8 Å². The Morgan fingerprint density at radius 3 is 2.78 bits per heavy atom. The van der Waals surface area contributed by atoms with Gasteiger partial charge >= 0.3 is 6.09 Å². The maximum Gasteiger partial charge on any atom is 0.410 e. The van der Waals surface area contributed by atoms with Crippen LogP contribution in [0.4, 0.5) is 9.18 Å². The maximum absolute atomic E-state index is 13.1. The summed E-state index contributed by atoms with van der Waals surface area (Å²) in [4.78, 5) is 13.4. The van der Waals surface area contributed by atoms with Gasteiger partial charge in [-0.2, -0.15) is 0 Å². The van der Waals surface area contributed by atoms with E-state index in [9.17, 15) is 9.18 Å². The largest absolute Gasteiger partial charge is 0.445 e. The molecule has 1 amide bonds. The van der Waals surface area contributed by atoms with Crippen molar-refractivity contribution in [2.24, 2.45) is 0 Å². The number of nitrogens with zero attached hydrogens (tertiary/aromatic N) is 1. The Hall–Kier alpha value is -1.14. The zero-order valence-corrected chi connectivity index (χ0v) is 11.4. The van der Waals surface area contributed by atoms with Crippen LogP contribution >= 0.6 is 15.9 Å². The molecule has 2 rings (SSSR count). The van der Waals surface area contributed by atoms with Crippen LogP contribution in [0.3, 0.4) is 0 Å². The van der Waals surface area contributed by atoms with Gasteiger partial charge in [-0.15, -0.1) is 0 Å². The molecule has 1 saturated heterocycles. The molecule has 18 heavy (non-hydrogen) atoms. The summed E-state index contributed by atoms with van der Waals surface area (Å²) < 4.78 is 18.9. The van der Waals surface area contributed by atoms with E-state index in [2.05, 4.69) is 21.2 Å². The van der Waals surface area contributed by atoms with E-state index in [0.29, 0.717) is 23.1 Å². The molecule has 1 N–H and O–H groups in total. The van der Waals surface area contributed by atoms with Crippen LogP contribution in [-0.2, 0) is 11.3 Å². The second-order valence-corrected chi connectivity index (χ2v) is 4.99. The Labute approximate surface area is 113 Å². The highest BCUT2D eigenvalue weighted by molar-refractivity contribution is 9.10. The van der Waals surface area contributed by atoms with Gasteiger partial charge in [-0.25, -0.2) is 9.18 Å². The number of nitrogens with one attached hydrogen (secondary N) is 1. The number of piperazine rings is 1. The Bertz CT molecular complexity index is 416. The lowest BCUT2D eigenvalue weighted by atomic mass is 10.2. The first-order valence-corrected chi connectivity index (χ1v) is 6.52. The van der Waals surface area contributed by atoms with Crippen molar-refractivity contribution in [3.8, 4) is 0 Å². The summed E-state index contributed by atoms with van der Waals surface area (Å²) in [5.74, 6) is -0.349. The highest BCUT2D eigenvalue weighted by atomic mass is 79.9. The van der Waals surface area contributed by atoms with Crippen molar-refractivity contribution in [3.63, 3.8) is 0 Å². The van der Waals surface area contributed by atoms with Crippen LogP contribution in [0.2, 0.25) is 0 Å². The van der Waals surface area contributed by atoms with E-state index in [1.54, 1.807) is 11.0 Å². The number of ether oxygens (including phenoxy) is 1. The summed E-state index contributed by atoms with van der Waals surface area (Å²) >= 11 is 3.20. The minimum atomic E-state index is -0.350. The molecule has 0 spiro atoms. The fourth-order valence-electron chi connectivity index (χ4n) is 1.78. The zero-order chi connectivity index (χ0) is 13.0. The van der Waals surface area contributed by atoms with Gasteiger partial charge < -0.3 is 15.0 Å². The van der Waals surface area contributed by atoms with Gasteiger partial charge in [0.15, 0.2) is 0 Å². The number of hydrogen-bond acceptors (Lipinski definition) is 3. The quantitative estimate of drug-likeness (QED) is 0.908. The molecule has 6 heteroatoms. The Balaban J connectivity index is 1.88. The third kappa shape index (κ3) is 3.68. The van der Waals surface area contributed by atoms with E-state index in [0.717, 1.165) is 13.1 Å². The lowest BCUT2D eigenvalue weighted by Crippen LogP contribution is -2.46. The first kappa shape index (κ1) is 13.3. The summed E-state index contributed by atoms with van der Waals surface area (Å²) in [6.45, 7) is 2.93. The van der Waals surface area contributed by atoms with E-state index < -0.39 is 0 Å². The number of rotatable bonds is 2. The fraction of sp³-hybridized carbons (Fsp3) is 0.417. The molecule has 0 unspecified atom stereocenters. The average Bonchev–Trinajstić information content (AvgIpc) is 2.36. The van der Waals surface area contributed by atoms with Gasteiger partial charge in [0.25, 0.3) is 0 Å². The molecule has 0 atom stereocenters. The van der Waals surface area contributed by atoms with Crippen LogP contribution in [0.15, 0.2) is 22.7 Å². The van der Waals surface area contributed by atoms with E-state index in [4.69, 9.17) is 4.74 Å². The minimum Gasteiger partial charge on any atom is -0.445 e. The molecule has 1 aliphatic heterocycles. The maximum atomic E-state index is 13.1. The van der Waals surface area contributed by atoms with E-state index >= 15 is 0 Å². The predicted octanol–water partition coefficient (Wildman–Crippen LogP) is 2.13. The predicted molar refractivity (Wildman–Crippen MR) is 68.7 cm³/mol. The summed E-state index contributed by atoms with van der Waals surface area (Å²) in [6, 6.07) is 4.45. The molecule has 0 aromatic heterocycles. The molecule has 1 heterocycles. The lowest BCUT2D eigenvalue weighted by Gasteiger charge is -2.26. The molecule has 1 aromatic rings. The SMILES string of the molecule is O=C(OCc1cc(F)cc(Br)c1)N1CCNCC1. The molecular weight excluding hydrogens is 303 g/mol. The standard InChI is InChI=1S/C12H14BrFN2O2/c13-10-5-9(6-11(14)7-10)8-18-12(17)16-3-1-15-2-4-16/h5-7,15H,1-4,8H2. The lowest BCUT2D eigenvalue weighted by molar-refractivity contribution is 0.0917. The number of benzene rings is 1. The average molecular weight is 317 g/mol. The van der Waals surface area contributed by atoms with Crippen molar-refractivity contribution >= 4 is 22.0 Å². The van der Waals surface area contributed by atoms with Crippen molar-refractivity contribution in [1.29, 1.82) is 0 Å². The van der Waals surface area contributed by atoms with Crippen LogP contribution in [-0.4, -0.2) is 37.2 Å². The molecule has 0 aliphatic carbocycles. The molecule has 1 aliphatic rings. The zero-order valence-electron chi connectivity index (χ0n) is 9.79. The second-order valence-electron chi connectivity index (χ2n) is 4.07. The molecule has 0 radical (unpaired) electrons. The number of carbonyl (C=O) groups excluding carboxylic acids is 1. The van der Waals surface area contributed by atoms with Gasteiger partial charge in [0.2, 0.25) is 0 Å². The monoisotopic (exact) mass is 316 g/mol. The van der Waals surface area contributed by atoms with Crippen LogP contribution in [0.25, 0.3) is 0 Å². The Morgan fingerprint density at radius 2 is 2.11 bits per heavy atom. The normalized spacial score (nSPS) is 15.6. The summed E-state index contributed by atoms with van der Waals surface area (Å²) in [7, 11) is 0. The van der Waals surface area contributed by atoms with Crippen molar-refractivity contribution < 1.29 is 13.9 Å². The molecule has 98 valence electrons. The molecule has 1 fully saturated rings. The Kier molecular flexibility index (Phi) is 4.54. The van der Waals surface area contributed by atoms with Gasteiger partial charge in [0.05, 0.1) is 0 Å². The first-order valence-electron chi connectivity index (χ1n) is 5.72.